The van der Waals surface area contributed by atoms with E-state index in [1.165, 1.54) is 139 Å². The van der Waals surface area contributed by atoms with Gasteiger partial charge in [0, 0.05) is 33.5 Å². The molecular weight excluding hydrogens is 859 g/mol. The van der Waals surface area contributed by atoms with Gasteiger partial charge in [0.1, 0.15) is 0 Å². The molecule has 0 aliphatic carbocycles. The second kappa shape index (κ2) is 35.3. The summed E-state index contributed by atoms with van der Waals surface area (Å²) in [4.78, 5) is -0.0245. The van der Waals surface area contributed by atoms with Gasteiger partial charge in [0.2, 0.25) is 0 Å². The van der Waals surface area contributed by atoms with Crippen LogP contribution in [0, 0.1) is 0 Å². The number of aryl methyl sites for hydroxylation is 2. The Morgan fingerprint density at radius 1 is 0.450 bits per heavy atom. The maximum absolute atomic E-state index is 11.3. The molecule has 3 aromatic rings. The van der Waals surface area contributed by atoms with E-state index in [9.17, 15) is 34.4 Å². The molecule has 342 valence electrons. The Kier molecular flexibility index (Phi) is 35.3. The van der Waals surface area contributed by atoms with Crippen molar-refractivity contribution in [2.75, 3.05) is 5.73 Å². The van der Waals surface area contributed by atoms with Crippen LogP contribution in [-0.2, 0) is 64.9 Å². The normalized spacial score (nSPS) is 11.3. The number of hydrogen-bond acceptors (Lipinski definition) is 8. The number of nitrogens with two attached hydrogens (primary N) is 1. The summed E-state index contributed by atoms with van der Waals surface area (Å²) in [6.45, 7) is 7.92. The molecule has 0 fully saturated rings. The van der Waals surface area contributed by atoms with Crippen LogP contribution in [0.5, 0.6) is 0 Å². The average molecular weight is 934 g/mol. The van der Waals surface area contributed by atoms with Gasteiger partial charge < -0.3 is 10.8 Å². The molecule has 0 aromatic heterocycles. The molecule has 0 aliphatic heterocycles. The van der Waals surface area contributed by atoms with E-state index in [-0.39, 0.29) is 42.5 Å². The maximum Gasteiger partial charge on any atom is 0.294 e. The minimum atomic E-state index is -4.10. The van der Waals surface area contributed by atoms with Crippen LogP contribution < -0.4 is 5.73 Å². The smallest absolute Gasteiger partial charge is 0.294 e. The Labute approximate surface area is 378 Å². The number of rotatable bonds is 25. The molecule has 0 heterocycles. The quantitative estimate of drug-likeness (QED) is 0.0233. The largest absolute Gasteiger partial charge is 0.399 e. The van der Waals surface area contributed by atoms with Crippen LogP contribution >= 0.6 is 0 Å². The van der Waals surface area contributed by atoms with Crippen LogP contribution in [0.4, 0.5) is 5.69 Å². The number of hydrogen-bond donors (Lipinski definition) is 5. The number of nitrogen functional groups attached to an aromatic ring is 1. The molecule has 11 nitrogen and oxygen atoms in total. The average Bonchev–Trinajstić information content (AvgIpc) is 3.16. The van der Waals surface area contributed by atoms with Gasteiger partial charge in [-0.1, -0.05) is 166 Å². The van der Waals surface area contributed by atoms with Crippen LogP contribution in [0.2, 0.25) is 0 Å². The minimum absolute atomic E-state index is 0. The summed E-state index contributed by atoms with van der Waals surface area (Å²) in [5.74, 6) is 0. The van der Waals surface area contributed by atoms with Crippen molar-refractivity contribution in [3.05, 3.63) is 83.9 Å². The molecule has 0 atom stereocenters. The van der Waals surface area contributed by atoms with E-state index >= 15 is 0 Å². The molecule has 0 aliphatic rings. The number of benzene rings is 3. The van der Waals surface area contributed by atoms with Crippen LogP contribution in [0.3, 0.4) is 0 Å². The van der Waals surface area contributed by atoms with Gasteiger partial charge in [-0.05, 0) is 87.1 Å². The van der Waals surface area contributed by atoms with Gasteiger partial charge in [-0.25, -0.2) is 0 Å². The Balaban J connectivity index is 0. The molecule has 0 saturated heterocycles. The first kappa shape index (κ1) is 60.0. The first-order chi connectivity index (χ1) is 27.8. The first-order valence-electron chi connectivity index (χ1n) is 21.5. The molecule has 60 heavy (non-hydrogen) atoms. The number of anilines is 1. The van der Waals surface area contributed by atoms with E-state index in [1.807, 2.05) is 12.1 Å². The van der Waals surface area contributed by atoms with Gasteiger partial charge in [-0.15, -0.1) is 0 Å². The van der Waals surface area contributed by atoms with Gasteiger partial charge in [-0.3, -0.25) is 13.7 Å². The number of aliphatic hydroxyl groups is 1. The van der Waals surface area contributed by atoms with E-state index in [0.29, 0.717) is 18.5 Å². The molecule has 0 spiro atoms. The summed E-state index contributed by atoms with van der Waals surface area (Å²) in [5, 5.41) is 8.06. The van der Waals surface area contributed by atoms with Crippen LogP contribution in [0.1, 0.15) is 167 Å². The Bertz CT molecular complexity index is 1740. The molecule has 0 amide bonds. The molecule has 0 unspecified atom stereocenters. The fourth-order valence-corrected chi connectivity index (χ4v) is 8.15. The van der Waals surface area contributed by atoms with Crippen molar-refractivity contribution < 1.29 is 65.7 Å². The molecule has 6 N–H and O–H groups in total. The summed E-state index contributed by atoms with van der Waals surface area (Å²) >= 11 is 0. The maximum atomic E-state index is 11.3. The van der Waals surface area contributed by atoms with Crippen molar-refractivity contribution in [2.45, 2.75) is 190 Å². The second-order valence-electron chi connectivity index (χ2n) is 15.2. The van der Waals surface area contributed by atoms with Crippen molar-refractivity contribution in [3.8, 4) is 0 Å². The topological polar surface area (TPSA) is 209 Å². The minimum Gasteiger partial charge on any atom is -0.399 e. The van der Waals surface area contributed by atoms with Crippen molar-refractivity contribution in [1.29, 1.82) is 0 Å². The second-order valence-corrected chi connectivity index (χ2v) is 19.4. The Morgan fingerprint density at radius 3 is 0.983 bits per heavy atom. The molecule has 0 radical (unpaired) electrons. The van der Waals surface area contributed by atoms with E-state index in [4.69, 9.17) is 15.4 Å². The molecule has 0 bridgehead atoms. The molecule has 3 rings (SSSR count). The van der Waals surface area contributed by atoms with E-state index in [2.05, 4.69) is 13.8 Å². The first-order valence-corrected chi connectivity index (χ1v) is 25.8. The van der Waals surface area contributed by atoms with Gasteiger partial charge in [0.25, 0.3) is 30.4 Å². The summed E-state index contributed by atoms with van der Waals surface area (Å²) in [6.07, 6.45) is 26.5. The van der Waals surface area contributed by atoms with Crippen molar-refractivity contribution in [3.63, 3.8) is 0 Å². The predicted octanol–water partition coefficient (Wildman–Crippen LogP) is 11.7. The van der Waals surface area contributed by atoms with Crippen LogP contribution in [0.15, 0.2) is 87.5 Å². The van der Waals surface area contributed by atoms with Gasteiger partial charge in [-0.2, -0.15) is 25.3 Å². The van der Waals surface area contributed by atoms with Crippen LogP contribution in [0.25, 0.3) is 0 Å². The third kappa shape index (κ3) is 32.6. The standard InChI is InChI=1S/2C18H30O3S.C6H7NO3S.C3H8O.Ti/c2*1-2-3-4-5-6-7-8-9-10-11-14-17-15-12-13-16-18(17)22(19,20)21;7-5-1-3-6(4-2-5)11(8,9)10;1-3(2)4;/h2*12-13,15-16H,2-11,14H2,1H3,(H,19,20,21);1-4H,7H2,(H,8,9,10);3-4H,1-2H3;. The number of aliphatic hydroxyl groups excluding tert-OH is 1. The van der Waals surface area contributed by atoms with Crippen molar-refractivity contribution >= 4 is 36.0 Å². The van der Waals surface area contributed by atoms with Gasteiger partial charge in [0.15, 0.2) is 0 Å². The van der Waals surface area contributed by atoms with E-state index in [0.717, 1.165) is 36.8 Å². The van der Waals surface area contributed by atoms with E-state index < -0.39 is 30.4 Å². The zero-order chi connectivity index (χ0) is 44.6. The predicted molar refractivity (Wildman–Crippen MR) is 242 cm³/mol. The van der Waals surface area contributed by atoms with Crippen molar-refractivity contribution in [2.24, 2.45) is 0 Å². The van der Waals surface area contributed by atoms with Gasteiger partial charge in [0.05, 0.1) is 14.7 Å². The van der Waals surface area contributed by atoms with E-state index in [1.54, 1.807) is 38.1 Å². The number of unbranched alkanes of at least 4 members (excludes halogenated alkanes) is 18. The zero-order valence-electron chi connectivity index (χ0n) is 36.6. The summed E-state index contributed by atoms with van der Waals surface area (Å²) < 4.78 is 93.0. The molecular formula is C45H75NO10S3Ti. The summed E-state index contributed by atoms with van der Waals surface area (Å²) in [7, 11) is -12.3. The fourth-order valence-electron chi connectivity index (χ4n) is 6.17. The molecule has 3 aromatic carbocycles. The monoisotopic (exact) mass is 933 g/mol. The zero-order valence-corrected chi connectivity index (χ0v) is 40.6. The Hall–Kier alpha value is -2.14. The molecule has 0 saturated carbocycles. The van der Waals surface area contributed by atoms with Crippen LogP contribution in [-0.4, -0.2) is 50.1 Å². The molecule has 15 heteroatoms. The summed E-state index contributed by atoms with van der Waals surface area (Å²) in [5.41, 5.74) is 7.20. The fraction of sp³-hybridized carbons (Fsp3) is 0.600. The van der Waals surface area contributed by atoms with Gasteiger partial charge >= 0.3 is 0 Å². The summed E-state index contributed by atoms with van der Waals surface area (Å²) in [6, 6.07) is 18.7. The van der Waals surface area contributed by atoms with Crippen molar-refractivity contribution in [1.82, 2.24) is 0 Å². The third-order valence-corrected chi connectivity index (χ3v) is 12.1. The SMILES string of the molecule is CC(C)O.CCCCCCCCCCCCc1ccccc1S(=O)(=O)O.CCCCCCCCCCCCc1ccccc1S(=O)(=O)O.Nc1ccc(S(=O)(=O)O)cc1.[Ti]. The Morgan fingerprint density at radius 2 is 0.717 bits per heavy atom. The third-order valence-electron chi connectivity index (χ3n) is 9.28.